The van der Waals surface area contributed by atoms with Crippen molar-refractivity contribution in [3.8, 4) is 28.7 Å². The number of nitro groups is 1. The van der Waals surface area contributed by atoms with Crippen molar-refractivity contribution < 1.29 is 88.0 Å². The molecule has 0 unspecified atom stereocenters. The summed E-state index contributed by atoms with van der Waals surface area (Å²) in [5.74, 6) is -13.3. The second-order valence-corrected chi connectivity index (χ2v) is 29.5. The number of benzene rings is 6. The zero-order valence-corrected chi connectivity index (χ0v) is 69.0. The van der Waals surface area contributed by atoms with E-state index in [9.17, 15) is 88.4 Å². The van der Waals surface area contributed by atoms with Crippen LogP contribution in [0.1, 0.15) is 83.1 Å². The van der Waals surface area contributed by atoms with Crippen molar-refractivity contribution in [3.63, 3.8) is 0 Å². The monoisotopic (exact) mass is 1740 g/mol. The molecule has 0 heterocycles. The molecule has 0 radical (unpaired) electrons. The fourth-order valence-electron chi connectivity index (χ4n) is 12.1. The molecule has 28 N–H and O–H groups in total. The third kappa shape index (κ3) is 35.4. The summed E-state index contributed by atoms with van der Waals surface area (Å²) in [6.45, 7) is -3.02. The third-order valence-electron chi connectivity index (χ3n) is 18.6. The number of rotatable bonds is 53. The summed E-state index contributed by atoms with van der Waals surface area (Å²) in [6.07, 6.45) is 0.0608. The van der Waals surface area contributed by atoms with Crippen LogP contribution in [0.5, 0.6) is 28.7 Å². The smallest absolute Gasteiger partial charge is 0.269 e. The summed E-state index contributed by atoms with van der Waals surface area (Å²) in [4.78, 5) is 180. The number of primary amides is 1. The summed E-state index contributed by atoms with van der Waals surface area (Å²) in [5, 5.41) is 117. The average Bonchev–Trinajstić information content (AvgIpc) is 0.842. The van der Waals surface area contributed by atoms with E-state index in [4.69, 9.17) is 28.0 Å². The molecule has 0 saturated carbocycles. The molecule has 123 heavy (non-hydrogen) atoms. The highest BCUT2D eigenvalue weighted by Gasteiger charge is 2.36. The molecule has 0 aliphatic heterocycles. The number of nitrogens with one attached hydrogen (secondary N) is 17. The minimum Gasteiger partial charge on any atom is -0.508 e. The molecule has 6 rings (SSSR count). The average molecular weight is 1740 g/mol. The van der Waals surface area contributed by atoms with Crippen LogP contribution in [-0.4, -0.2) is 230 Å². The van der Waals surface area contributed by atoms with Gasteiger partial charge in [0.05, 0.1) is 24.7 Å². The lowest BCUT2D eigenvalue weighted by Gasteiger charge is -2.31. The van der Waals surface area contributed by atoms with Gasteiger partial charge in [-0.3, -0.25) is 83.8 Å². The van der Waals surface area contributed by atoms with Gasteiger partial charge in [0, 0.05) is 99.5 Å². The number of carbonyl (C=O) groups excluding carboxylic acids is 12. The van der Waals surface area contributed by atoms with Gasteiger partial charge in [0.1, 0.15) is 54.1 Å². The van der Waals surface area contributed by atoms with Crippen molar-refractivity contribution >= 4 is 113 Å². The highest BCUT2D eigenvalue weighted by atomic mass is 32.2. The first-order valence-corrected chi connectivity index (χ1v) is 40.9. The first-order valence-electron chi connectivity index (χ1n) is 38.9. The number of thiol groups is 1. The van der Waals surface area contributed by atoms with Crippen LogP contribution in [0, 0.1) is 20.9 Å². The maximum atomic E-state index is 15.0. The molecular weight excluding hydrogens is 1640 g/mol. The number of guanidine groups is 2. The van der Waals surface area contributed by atoms with E-state index >= 15 is 4.79 Å². The van der Waals surface area contributed by atoms with E-state index in [1.807, 2.05) is 0 Å². The Bertz CT molecular complexity index is 4530. The highest BCUT2D eigenvalue weighted by Crippen LogP contribution is 2.32. The topological polar surface area (TPSA) is 659 Å². The van der Waals surface area contributed by atoms with Crippen molar-refractivity contribution in [2.45, 2.75) is 126 Å². The number of nitrogens with two attached hydrogens (primary N) is 3. The van der Waals surface area contributed by atoms with E-state index < -0.39 is 198 Å². The number of aromatic hydroxyl groups is 5. The van der Waals surface area contributed by atoms with Gasteiger partial charge in [-0.25, -0.2) is 10.4 Å². The first kappa shape index (κ1) is 98.3. The quantitative estimate of drug-likeness (QED) is 0.00285. The van der Waals surface area contributed by atoms with E-state index in [0.29, 0.717) is 16.7 Å². The lowest BCUT2D eigenvalue weighted by Crippen LogP contribution is -2.61. The number of hydrazine groups is 1. The maximum absolute atomic E-state index is 15.0. The van der Waals surface area contributed by atoms with Gasteiger partial charge in [-0.05, 0) is 104 Å². The normalized spacial score (nSPS) is 12.9. The molecule has 0 spiro atoms. The van der Waals surface area contributed by atoms with Crippen molar-refractivity contribution in [2.75, 3.05) is 63.7 Å². The van der Waals surface area contributed by atoms with Crippen LogP contribution in [0.25, 0.3) is 0 Å². The Morgan fingerprint density at radius 3 is 1.39 bits per heavy atom. The second kappa shape index (κ2) is 51.8. The van der Waals surface area contributed by atoms with Crippen molar-refractivity contribution in [1.82, 2.24) is 84.9 Å². The molecule has 0 fully saturated rings. The fourth-order valence-corrected chi connectivity index (χ4v) is 12.7. The fraction of sp³-hybridized carbons (Fsp3) is 0.375. The summed E-state index contributed by atoms with van der Waals surface area (Å²) in [7, 11) is 0. The number of carbonyl (C=O) groups is 12. The molecule has 6 aromatic rings. The van der Waals surface area contributed by atoms with E-state index in [1.165, 1.54) is 89.6 Å². The highest BCUT2D eigenvalue weighted by molar-refractivity contribution is 7.98. The number of nitro benzene ring substituents is 1. The Balaban J connectivity index is 1.27. The predicted octanol–water partition coefficient (Wildman–Crippen LogP) is -2.08. The molecule has 0 aromatic heterocycles. The molecular formula is C80H106N22O19S2. The van der Waals surface area contributed by atoms with Crippen molar-refractivity contribution in [2.24, 2.45) is 17.2 Å². The Hall–Kier alpha value is -13.5. The van der Waals surface area contributed by atoms with Gasteiger partial charge >= 0.3 is 0 Å². The van der Waals surface area contributed by atoms with Crippen LogP contribution in [0.4, 0.5) is 5.69 Å². The SMILES string of the molecule is CSCC[C@H](NC(=O)[C@H](Cc1ccccc1)NC(=O)[C@H](CNCNC(=O)CNC(=O)c1ccc([N+](=O)[O-])cc1)NC(=O)CNC(=O)[C@H](CCC(N)=O)NC(=O)[C@H](CCCNC(=N)N)NC(=O)[C@H](CCCNC(=N)N)NN(Cc1cccc(O)c1O)Cc1cccc(O)c1O)C(=O)N[C@@H](Cc1ccc(O)cc1)C(=O)N[C@@H](Cc1ccccc1)C(=O)NCCS. The molecule has 8 atom stereocenters. The molecule has 0 aliphatic carbocycles. The lowest BCUT2D eigenvalue weighted by atomic mass is 10.0. The second-order valence-electron chi connectivity index (χ2n) is 28.0. The summed E-state index contributed by atoms with van der Waals surface area (Å²) in [5.41, 5.74) is 21.3. The Morgan fingerprint density at radius 2 is 0.902 bits per heavy atom. The van der Waals surface area contributed by atoms with E-state index in [-0.39, 0.29) is 124 Å². The number of amides is 12. The van der Waals surface area contributed by atoms with E-state index in [2.05, 4.69) is 92.5 Å². The minimum atomic E-state index is -1.75. The number of hydrogen-bond donors (Lipinski definition) is 26. The molecule has 0 aliphatic rings. The van der Waals surface area contributed by atoms with Gasteiger partial charge in [-0.15, -0.1) is 0 Å². The number of phenolic OH excluding ortho intramolecular Hbond substituents is 5. The minimum absolute atomic E-state index is 0.0124. The van der Waals surface area contributed by atoms with Gasteiger partial charge in [0.15, 0.2) is 34.9 Å². The summed E-state index contributed by atoms with van der Waals surface area (Å²) < 4.78 is 0. The van der Waals surface area contributed by atoms with Gasteiger partial charge in [-0.2, -0.15) is 24.4 Å². The largest absolute Gasteiger partial charge is 0.508 e. The Labute approximate surface area is 717 Å². The first-order chi connectivity index (χ1) is 58.8. The molecule has 43 heteroatoms. The number of phenols is 5. The summed E-state index contributed by atoms with van der Waals surface area (Å²) >= 11 is 5.52. The predicted molar refractivity (Wildman–Crippen MR) is 457 cm³/mol. The van der Waals surface area contributed by atoms with Crippen LogP contribution in [0.2, 0.25) is 0 Å². The zero-order valence-electron chi connectivity index (χ0n) is 67.3. The summed E-state index contributed by atoms with van der Waals surface area (Å²) in [6, 6.07) is 23.7. The van der Waals surface area contributed by atoms with Gasteiger partial charge in [0.25, 0.3) is 11.6 Å². The van der Waals surface area contributed by atoms with Crippen LogP contribution >= 0.6 is 24.4 Å². The van der Waals surface area contributed by atoms with E-state index in [1.54, 1.807) is 66.9 Å². The number of para-hydroxylation sites is 2. The van der Waals surface area contributed by atoms with Gasteiger partial charge < -0.3 is 112 Å². The maximum Gasteiger partial charge on any atom is 0.269 e. The third-order valence-corrected chi connectivity index (χ3v) is 19.4. The number of non-ortho nitro benzene ring substituents is 1. The van der Waals surface area contributed by atoms with Crippen LogP contribution in [0.3, 0.4) is 0 Å². The Morgan fingerprint density at radius 1 is 0.463 bits per heavy atom. The molecule has 12 amide bonds. The van der Waals surface area contributed by atoms with Crippen LogP contribution < -0.4 is 97.1 Å². The van der Waals surface area contributed by atoms with Crippen LogP contribution in [-0.2, 0) is 85.1 Å². The molecule has 662 valence electrons. The van der Waals surface area contributed by atoms with Crippen molar-refractivity contribution in [3.05, 3.63) is 189 Å². The molecule has 41 nitrogen and oxygen atoms in total. The number of hydrogen-bond acceptors (Lipinski definition) is 26. The molecule has 6 aromatic carbocycles. The molecule has 0 bridgehead atoms. The van der Waals surface area contributed by atoms with Gasteiger partial charge in [-0.1, -0.05) is 97.1 Å². The number of nitrogens with zero attached hydrogens (tertiary/aromatic N) is 2. The Kier molecular flexibility index (Phi) is 41.4. The van der Waals surface area contributed by atoms with Crippen molar-refractivity contribution in [1.29, 1.82) is 10.8 Å². The number of thioether (sulfide) groups is 1. The van der Waals surface area contributed by atoms with E-state index in [0.717, 1.165) is 12.1 Å². The molecule has 0 saturated heterocycles. The van der Waals surface area contributed by atoms with Crippen LogP contribution in [0.15, 0.2) is 146 Å². The van der Waals surface area contributed by atoms with Gasteiger partial charge in [0.2, 0.25) is 65.0 Å². The standard InChI is InChI=1S/C80H106N22O19S2/c1-123-37-32-57(74(115)98-61(40-49-22-28-54(103)29-23-49)77(118)97-59(72(113)87-35-36-122)38-47-12-4-2-5-13-47)96-76(117)60(39-48-14-6-3-7-15-48)99-78(119)62(41-86-46-92-66(107)42-90-70(111)50-24-26-53(27-25-50)102(120)121)93-67(108)43-91-71(112)56(30-31-65(81)106)95-73(114)55(18-10-33-88-79(82)83)94-75(116)58(19-11-34-89-80(84)85)100-101(44-51-16-8-20-63(104)68(51)109)45-52-17-9-21-64(105)69(52)110/h2-9,12-17,20-29,55-62,86,100,103-105,109-110,122H,10-11,18-19,30-46H2,1H3,(H2,81,106)(H,87,113)(H,90,111)(H,91,112)(H,92,107)(H,93,108)(H,94,116)(H,95,114)(H,96,117)(H,97,118)(H,98,115)(H,99,119)(H4,82,83,88)(H4,84,85,89)/t55-,56-,57-,58-,59-,60-,61-,62-/m0/s1. The lowest BCUT2D eigenvalue weighted by molar-refractivity contribution is -0.384. The zero-order chi connectivity index (χ0) is 89.9.